The standard InChI is InChI=1S/C15H20O3Si/c1-3-6-12-8-9-13(14(11-12)16-2)18-19-15-7-4-5-10-17-15/h3,8-9,11,15H,1,4-7,10H2,2H3. The van der Waals surface area contributed by atoms with Crippen LogP contribution in [0.15, 0.2) is 30.9 Å². The zero-order chi connectivity index (χ0) is 13.5. The number of ether oxygens (including phenoxy) is 2. The molecule has 1 unspecified atom stereocenters. The van der Waals surface area contributed by atoms with Crippen LogP contribution in [0.5, 0.6) is 11.5 Å². The lowest BCUT2D eigenvalue weighted by Gasteiger charge is -2.21. The largest absolute Gasteiger partial charge is 0.536 e. The Labute approximate surface area is 117 Å². The van der Waals surface area contributed by atoms with Crippen LogP contribution in [0.25, 0.3) is 0 Å². The van der Waals surface area contributed by atoms with Crippen molar-refractivity contribution in [3.05, 3.63) is 36.4 Å². The Balaban J connectivity index is 1.96. The number of methoxy groups -OCH3 is 1. The molecule has 2 rings (SSSR count). The minimum absolute atomic E-state index is 0.242. The molecule has 1 aromatic rings. The Morgan fingerprint density at radius 3 is 3.00 bits per heavy atom. The van der Waals surface area contributed by atoms with Crippen molar-refractivity contribution in [1.82, 2.24) is 0 Å². The molecule has 1 saturated heterocycles. The van der Waals surface area contributed by atoms with Crippen LogP contribution >= 0.6 is 0 Å². The van der Waals surface area contributed by atoms with Gasteiger partial charge in [-0.25, -0.2) is 0 Å². The summed E-state index contributed by atoms with van der Waals surface area (Å²) in [4.78, 5) is 0. The molecule has 2 radical (unpaired) electrons. The van der Waals surface area contributed by atoms with E-state index >= 15 is 0 Å². The fourth-order valence-electron chi connectivity index (χ4n) is 2.05. The minimum atomic E-state index is 0.242. The molecule has 1 fully saturated rings. The molecule has 0 saturated carbocycles. The van der Waals surface area contributed by atoms with Gasteiger partial charge in [-0.05, 0) is 43.4 Å². The predicted octanol–water partition coefficient (Wildman–Crippen LogP) is 2.95. The van der Waals surface area contributed by atoms with Gasteiger partial charge in [0.1, 0.15) is 5.75 Å². The number of hydrogen-bond donors (Lipinski definition) is 0. The molecule has 19 heavy (non-hydrogen) atoms. The van der Waals surface area contributed by atoms with Gasteiger partial charge in [-0.15, -0.1) is 6.58 Å². The summed E-state index contributed by atoms with van der Waals surface area (Å²) in [7, 11) is 2.00. The van der Waals surface area contributed by atoms with Gasteiger partial charge < -0.3 is 13.9 Å². The molecule has 0 bridgehead atoms. The lowest BCUT2D eigenvalue weighted by atomic mass is 10.1. The Morgan fingerprint density at radius 2 is 2.32 bits per heavy atom. The van der Waals surface area contributed by atoms with Crippen LogP contribution in [0.4, 0.5) is 0 Å². The lowest BCUT2D eigenvalue weighted by Crippen LogP contribution is -2.29. The maximum absolute atomic E-state index is 5.85. The summed E-state index contributed by atoms with van der Waals surface area (Å²) in [5, 5.41) is 0. The van der Waals surface area contributed by atoms with Gasteiger partial charge in [0.25, 0.3) is 0 Å². The van der Waals surface area contributed by atoms with Crippen molar-refractivity contribution < 1.29 is 13.9 Å². The average Bonchev–Trinajstić information content (AvgIpc) is 2.47. The third kappa shape index (κ3) is 4.11. The van der Waals surface area contributed by atoms with E-state index in [9.17, 15) is 0 Å². The molecule has 1 heterocycles. The molecular formula is C15H20O3Si. The predicted molar refractivity (Wildman–Crippen MR) is 76.9 cm³/mol. The molecule has 102 valence electrons. The highest BCUT2D eigenvalue weighted by Gasteiger charge is 2.18. The van der Waals surface area contributed by atoms with E-state index in [1.54, 1.807) is 7.11 Å². The van der Waals surface area contributed by atoms with Gasteiger partial charge in [0.05, 0.1) is 12.8 Å². The first kappa shape index (κ1) is 14.2. The summed E-state index contributed by atoms with van der Waals surface area (Å²) in [6, 6.07) is 6.02. The van der Waals surface area contributed by atoms with Crippen molar-refractivity contribution in [2.24, 2.45) is 0 Å². The van der Waals surface area contributed by atoms with Crippen molar-refractivity contribution in [2.45, 2.75) is 31.4 Å². The van der Waals surface area contributed by atoms with E-state index < -0.39 is 0 Å². The fraction of sp³-hybridized carbons (Fsp3) is 0.467. The van der Waals surface area contributed by atoms with Gasteiger partial charge in [0.15, 0.2) is 5.75 Å². The van der Waals surface area contributed by atoms with Crippen molar-refractivity contribution in [1.29, 1.82) is 0 Å². The first-order chi connectivity index (χ1) is 9.33. The van der Waals surface area contributed by atoms with Crippen LogP contribution in [0.2, 0.25) is 0 Å². The van der Waals surface area contributed by atoms with E-state index in [1.807, 2.05) is 24.3 Å². The third-order valence-corrected chi connectivity index (χ3v) is 4.14. The van der Waals surface area contributed by atoms with Crippen LogP contribution in [-0.4, -0.2) is 29.2 Å². The Bertz CT molecular complexity index is 414. The van der Waals surface area contributed by atoms with Gasteiger partial charge in [0.2, 0.25) is 0 Å². The second kappa shape index (κ2) is 7.36. The molecule has 0 aromatic heterocycles. The number of allylic oxidation sites excluding steroid dienone is 1. The summed E-state index contributed by atoms with van der Waals surface area (Å²) in [5.74, 6) is 1.57. The summed E-state index contributed by atoms with van der Waals surface area (Å²) in [6.07, 6.45) is 6.21. The normalized spacial score (nSPS) is 18.9. The van der Waals surface area contributed by atoms with Gasteiger partial charge in [-0.2, -0.15) is 0 Å². The topological polar surface area (TPSA) is 27.7 Å². The minimum Gasteiger partial charge on any atom is -0.536 e. The van der Waals surface area contributed by atoms with Gasteiger partial charge >= 0.3 is 9.76 Å². The summed E-state index contributed by atoms with van der Waals surface area (Å²) in [6.45, 7) is 4.60. The van der Waals surface area contributed by atoms with E-state index in [4.69, 9.17) is 13.9 Å². The molecule has 1 aliphatic rings. The molecule has 0 N–H and O–H groups in total. The summed E-state index contributed by atoms with van der Waals surface area (Å²) >= 11 is 0. The van der Waals surface area contributed by atoms with Crippen molar-refractivity contribution in [3.8, 4) is 11.5 Å². The van der Waals surface area contributed by atoms with Crippen LogP contribution in [0, 0.1) is 0 Å². The van der Waals surface area contributed by atoms with Crippen molar-refractivity contribution in [3.63, 3.8) is 0 Å². The van der Waals surface area contributed by atoms with E-state index in [-0.39, 0.29) is 5.73 Å². The number of hydrogen-bond acceptors (Lipinski definition) is 3. The van der Waals surface area contributed by atoms with E-state index in [0.29, 0.717) is 9.76 Å². The first-order valence-electron chi connectivity index (χ1n) is 6.65. The zero-order valence-electron chi connectivity index (χ0n) is 11.4. The SMILES string of the molecule is C=CCc1ccc(O[Si]C2CCCCO2)c(OC)c1. The Morgan fingerprint density at radius 1 is 1.42 bits per heavy atom. The molecule has 3 nitrogen and oxygen atoms in total. The molecule has 0 aliphatic carbocycles. The average molecular weight is 276 g/mol. The quantitative estimate of drug-likeness (QED) is 0.590. The number of rotatable bonds is 6. The molecule has 4 heteroatoms. The first-order valence-corrected chi connectivity index (χ1v) is 7.64. The second-order valence-electron chi connectivity index (χ2n) is 4.55. The van der Waals surface area contributed by atoms with Crippen LogP contribution < -0.4 is 9.16 Å². The highest BCUT2D eigenvalue weighted by Crippen LogP contribution is 2.28. The molecule has 1 atom stereocenters. The van der Waals surface area contributed by atoms with Gasteiger partial charge in [0, 0.05) is 6.61 Å². The molecule has 1 aromatic carbocycles. The van der Waals surface area contributed by atoms with E-state index in [2.05, 4.69) is 6.58 Å². The van der Waals surface area contributed by atoms with Gasteiger partial charge in [-0.1, -0.05) is 12.1 Å². The molecule has 0 spiro atoms. The highest BCUT2D eigenvalue weighted by molar-refractivity contribution is 6.30. The monoisotopic (exact) mass is 276 g/mol. The van der Waals surface area contributed by atoms with E-state index in [1.165, 1.54) is 18.4 Å². The molecule has 1 aliphatic heterocycles. The summed E-state index contributed by atoms with van der Waals surface area (Å²) in [5.41, 5.74) is 1.42. The smallest absolute Gasteiger partial charge is 0.343 e. The molecule has 0 amide bonds. The Kier molecular flexibility index (Phi) is 5.48. The zero-order valence-corrected chi connectivity index (χ0v) is 12.4. The maximum Gasteiger partial charge on any atom is 0.343 e. The van der Waals surface area contributed by atoms with Gasteiger partial charge in [-0.3, -0.25) is 0 Å². The van der Waals surface area contributed by atoms with Crippen LogP contribution in [-0.2, 0) is 11.2 Å². The maximum atomic E-state index is 5.85. The second-order valence-corrected chi connectivity index (χ2v) is 5.64. The molecular weight excluding hydrogens is 256 g/mol. The Hall–Kier alpha value is -1.26. The summed E-state index contributed by atoms with van der Waals surface area (Å²) < 4.78 is 16.9. The third-order valence-electron chi connectivity index (χ3n) is 3.09. The van der Waals surface area contributed by atoms with Crippen molar-refractivity contribution >= 4 is 9.76 Å². The van der Waals surface area contributed by atoms with Crippen LogP contribution in [0.3, 0.4) is 0 Å². The van der Waals surface area contributed by atoms with Crippen LogP contribution in [0.1, 0.15) is 24.8 Å². The highest BCUT2D eigenvalue weighted by atomic mass is 28.2. The van der Waals surface area contributed by atoms with E-state index in [0.717, 1.165) is 30.9 Å². The van der Waals surface area contributed by atoms with Crippen molar-refractivity contribution in [2.75, 3.05) is 13.7 Å². The number of benzene rings is 1. The lowest BCUT2D eigenvalue weighted by molar-refractivity contribution is 0.0598. The fourth-order valence-corrected chi connectivity index (χ4v) is 2.99.